The van der Waals surface area contributed by atoms with Crippen molar-refractivity contribution >= 4 is 5.69 Å². The molecule has 0 atom stereocenters. The minimum Gasteiger partial charge on any atom is -0.401 e. The molecule has 0 amide bonds. The van der Waals surface area contributed by atoms with Crippen molar-refractivity contribution in [3.63, 3.8) is 0 Å². The Balaban J connectivity index is 2.77. The van der Waals surface area contributed by atoms with Crippen LogP contribution < -0.4 is 16.6 Å². The summed E-state index contributed by atoms with van der Waals surface area (Å²) < 4.78 is 0. The van der Waals surface area contributed by atoms with Crippen molar-refractivity contribution in [3.05, 3.63) is 42.2 Å². The number of rotatable bonds is 3. The van der Waals surface area contributed by atoms with Crippen LogP contribution in [0.3, 0.4) is 0 Å². The SMILES string of the molecule is CC(C)/C(N)=C/N(N)c1ccccc1. The first-order chi connectivity index (χ1) is 6.61. The van der Waals surface area contributed by atoms with E-state index in [4.69, 9.17) is 11.6 Å². The van der Waals surface area contributed by atoms with Crippen LogP contribution in [0.2, 0.25) is 0 Å². The van der Waals surface area contributed by atoms with E-state index < -0.39 is 0 Å². The summed E-state index contributed by atoms with van der Waals surface area (Å²) in [4.78, 5) is 0. The summed E-state index contributed by atoms with van der Waals surface area (Å²) in [5.74, 6) is 6.12. The molecule has 3 heteroatoms. The van der Waals surface area contributed by atoms with Gasteiger partial charge in [0.2, 0.25) is 0 Å². The van der Waals surface area contributed by atoms with Gasteiger partial charge in [0.25, 0.3) is 0 Å². The molecule has 0 aromatic heterocycles. The van der Waals surface area contributed by atoms with E-state index in [2.05, 4.69) is 0 Å². The molecule has 0 fully saturated rings. The molecule has 0 saturated carbocycles. The molecule has 0 aliphatic heterocycles. The normalized spacial score (nSPS) is 11.9. The highest BCUT2D eigenvalue weighted by atomic mass is 15.4. The Bertz CT molecular complexity index is 304. The highest BCUT2D eigenvalue weighted by molar-refractivity contribution is 5.47. The monoisotopic (exact) mass is 191 g/mol. The maximum absolute atomic E-state index is 5.81. The number of allylic oxidation sites excluding steroid dienone is 1. The molecular weight excluding hydrogens is 174 g/mol. The number of para-hydroxylation sites is 1. The molecule has 0 spiro atoms. The molecule has 0 radical (unpaired) electrons. The largest absolute Gasteiger partial charge is 0.401 e. The van der Waals surface area contributed by atoms with Crippen LogP contribution in [-0.2, 0) is 0 Å². The lowest BCUT2D eigenvalue weighted by Gasteiger charge is -2.16. The van der Waals surface area contributed by atoms with Gasteiger partial charge in [-0.05, 0) is 18.1 Å². The molecule has 4 N–H and O–H groups in total. The Labute approximate surface area is 85.0 Å². The number of hydrogen-bond acceptors (Lipinski definition) is 3. The van der Waals surface area contributed by atoms with Gasteiger partial charge in [-0.3, -0.25) is 5.01 Å². The molecule has 1 aromatic carbocycles. The summed E-state index contributed by atoms with van der Waals surface area (Å²) in [6.07, 6.45) is 1.75. The molecule has 0 bridgehead atoms. The van der Waals surface area contributed by atoms with Crippen molar-refractivity contribution < 1.29 is 0 Å². The summed E-state index contributed by atoms with van der Waals surface area (Å²) in [6.45, 7) is 4.06. The first kappa shape index (κ1) is 10.6. The van der Waals surface area contributed by atoms with Gasteiger partial charge in [-0.25, -0.2) is 5.84 Å². The van der Waals surface area contributed by atoms with Crippen LogP contribution in [0, 0.1) is 5.92 Å². The van der Waals surface area contributed by atoms with E-state index in [1.165, 1.54) is 5.01 Å². The van der Waals surface area contributed by atoms with Crippen molar-refractivity contribution in [1.82, 2.24) is 0 Å². The average Bonchev–Trinajstić information content (AvgIpc) is 2.19. The van der Waals surface area contributed by atoms with Gasteiger partial charge >= 0.3 is 0 Å². The minimum atomic E-state index is 0.310. The highest BCUT2D eigenvalue weighted by Gasteiger charge is 2.01. The zero-order valence-corrected chi connectivity index (χ0v) is 8.64. The fourth-order valence-corrected chi connectivity index (χ4v) is 0.984. The van der Waals surface area contributed by atoms with E-state index in [0.717, 1.165) is 11.4 Å². The molecular formula is C11H17N3. The third kappa shape index (κ3) is 2.78. The molecule has 0 saturated heterocycles. The Kier molecular flexibility index (Phi) is 3.54. The molecule has 14 heavy (non-hydrogen) atoms. The van der Waals surface area contributed by atoms with E-state index in [1.54, 1.807) is 6.20 Å². The summed E-state index contributed by atoms with van der Waals surface area (Å²) in [7, 11) is 0. The van der Waals surface area contributed by atoms with E-state index in [-0.39, 0.29) is 0 Å². The van der Waals surface area contributed by atoms with Crippen molar-refractivity contribution in [2.45, 2.75) is 13.8 Å². The van der Waals surface area contributed by atoms with Crippen LogP contribution in [0.4, 0.5) is 5.69 Å². The maximum Gasteiger partial charge on any atom is 0.0568 e. The average molecular weight is 191 g/mol. The third-order valence-electron chi connectivity index (χ3n) is 2.01. The number of nitrogens with two attached hydrogens (primary N) is 2. The molecule has 76 valence electrons. The number of nitrogens with zero attached hydrogens (tertiary/aromatic N) is 1. The van der Waals surface area contributed by atoms with Crippen LogP contribution in [0.5, 0.6) is 0 Å². The molecule has 0 unspecified atom stereocenters. The third-order valence-corrected chi connectivity index (χ3v) is 2.01. The summed E-state index contributed by atoms with van der Waals surface area (Å²) in [6, 6.07) is 9.70. The van der Waals surface area contributed by atoms with Gasteiger partial charge in [0.05, 0.1) is 5.69 Å². The highest BCUT2D eigenvalue weighted by Crippen LogP contribution is 2.11. The van der Waals surface area contributed by atoms with Gasteiger partial charge in [0.15, 0.2) is 0 Å². The molecule has 0 aliphatic carbocycles. The lowest BCUT2D eigenvalue weighted by molar-refractivity contribution is 0.748. The maximum atomic E-state index is 5.81. The zero-order chi connectivity index (χ0) is 10.6. The van der Waals surface area contributed by atoms with Crippen LogP contribution >= 0.6 is 0 Å². The molecule has 3 nitrogen and oxygen atoms in total. The van der Waals surface area contributed by atoms with Crippen molar-refractivity contribution in [3.8, 4) is 0 Å². The van der Waals surface area contributed by atoms with Gasteiger partial charge < -0.3 is 5.73 Å². The van der Waals surface area contributed by atoms with E-state index in [1.807, 2.05) is 44.2 Å². The van der Waals surface area contributed by atoms with Gasteiger partial charge in [0, 0.05) is 11.9 Å². The second-order valence-corrected chi connectivity index (χ2v) is 3.53. The summed E-state index contributed by atoms with van der Waals surface area (Å²) in [5, 5.41) is 1.54. The van der Waals surface area contributed by atoms with Gasteiger partial charge in [-0.15, -0.1) is 0 Å². The fourth-order valence-electron chi connectivity index (χ4n) is 0.984. The van der Waals surface area contributed by atoms with Gasteiger partial charge in [0.1, 0.15) is 0 Å². The number of hydrazine groups is 1. The van der Waals surface area contributed by atoms with E-state index in [0.29, 0.717) is 5.92 Å². The molecule has 1 rings (SSSR count). The lowest BCUT2D eigenvalue weighted by Crippen LogP contribution is -2.26. The smallest absolute Gasteiger partial charge is 0.0568 e. The van der Waals surface area contributed by atoms with Crippen LogP contribution in [0.15, 0.2) is 42.2 Å². The van der Waals surface area contributed by atoms with E-state index >= 15 is 0 Å². The Morgan fingerprint density at radius 1 is 1.29 bits per heavy atom. The summed E-state index contributed by atoms with van der Waals surface area (Å²) in [5.41, 5.74) is 7.50. The quantitative estimate of drug-likeness (QED) is 0.566. The predicted molar refractivity (Wildman–Crippen MR) is 60.2 cm³/mol. The Morgan fingerprint density at radius 2 is 1.86 bits per heavy atom. The second kappa shape index (κ2) is 4.67. The Morgan fingerprint density at radius 3 is 2.36 bits per heavy atom. The van der Waals surface area contributed by atoms with Crippen molar-refractivity contribution in [1.29, 1.82) is 0 Å². The van der Waals surface area contributed by atoms with Crippen LogP contribution in [-0.4, -0.2) is 0 Å². The number of anilines is 1. The second-order valence-electron chi connectivity index (χ2n) is 3.53. The standard InChI is InChI=1S/C11H17N3/c1-9(2)11(12)8-14(13)10-6-4-3-5-7-10/h3-9H,12-13H2,1-2H3/b11-8-. The van der Waals surface area contributed by atoms with Crippen LogP contribution in [0.1, 0.15) is 13.8 Å². The van der Waals surface area contributed by atoms with Crippen LogP contribution in [0.25, 0.3) is 0 Å². The van der Waals surface area contributed by atoms with Gasteiger partial charge in [-0.1, -0.05) is 32.0 Å². The first-order valence-corrected chi connectivity index (χ1v) is 4.67. The van der Waals surface area contributed by atoms with Crippen molar-refractivity contribution in [2.75, 3.05) is 5.01 Å². The lowest BCUT2D eigenvalue weighted by atomic mass is 10.1. The molecule has 1 aromatic rings. The topological polar surface area (TPSA) is 55.3 Å². The fraction of sp³-hybridized carbons (Fsp3) is 0.273. The number of benzene rings is 1. The van der Waals surface area contributed by atoms with E-state index in [9.17, 15) is 0 Å². The van der Waals surface area contributed by atoms with Crippen molar-refractivity contribution in [2.24, 2.45) is 17.5 Å². The molecule has 0 aliphatic rings. The van der Waals surface area contributed by atoms with Gasteiger partial charge in [-0.2, -0.15) is 0 Å². The molecule has 0 heterocycles. The first-order valence-electron chi connectivity index (χ1n) is 4.67. The zero-order valence-electron chi connectivity index (χ0n) is 8.64. The predicted octanol–water partition coefficient (Wildman–Crippen LogP) is 1.82. The minimum absolute atomic E-state index is 0.310. The number of hydrogen-bond donors (Lipinski definition) is 2. The summed E-state index contributed by atoms with van der Waals surface area (Å²) >= 11 is 0. The Hall–Kier alpha value is -1.48.